The summed E-state index contributed by atoms with van der Waals surface area (Å²) in [5.41, 5.74) is 2.21. The largest absolute Gasteiger partial charge is 0.492 e. The molecule has 1 N–H and O–H groups in total. The Kier molecular flexibility index (Phi) is 4.14. The molecule has 0 aliphatic carbocycles. The molecule has 3 heterocycles. The molecular weight excluding hydrogens is 414 g/mol. The average molecular weight is 443 g/mol. The summed E-state index contributed by atoms with van der Waals surface area (Å²) in [6, 6.07) is 9.90. The molecule has 0 bridgehead atoms. The van der Waals surface area contributed by atoms with Gasteiger partial charge in [-0.05, 0) is 73.8 Å². The lowest BCUT2D eigenvalue weighted by Crippen LogP contribution is -2.51. The van der Waals surface area contributed by atoms with E-state index in [9.17, 15) is 9.59 Å². The molecule has 162 valence electrons. The molecular formula is C24H26ClN3O3. The molecule has 31 heavy (non-hydrogen) atoms. The molecule has 3 aliphatic rings. The maximum Gasteiger partial charge on any atom is 0.254 e. The number of carbonyl (C=O) groups excluding carboxylic acids is 2. The number of carbonyl (C=O) groups is 2. The minimum atomic E-state index is -2.26. The lowest BCUT2D eigenvalue weighted by Gasteiger charge is -2.42. The molecule has 0 aromatic heterocycles. The molecule has 2 amide bonds. The molecule has 7 heteroatoms. The van der Waals surface area contributed by atoms with Crippen LogP contribution in [0, 0.1) is 0 Å². The van der Waals surface area contributed by atoms with Gasteiger partial charge in [0.25, 0.3) is 5.91 Å². The van der Waals surface area contributed by atoms with Gasteiger partial charge in [-0.1, -0.05) is 11.6 Å². The molecule has 0 saturated carbocycles. The lowest BCUT2D eigenvalue weighted by molar-refractivity contribution is -0.123. The van der Waals surface area contributed by atoms with Crippen LogP contribution in [0.15, 0.2) is 36.4 Å². The van der Waals surface area contributed by atoms with Crippen LogP contribution < -0.4 is 10.1 Å². The highest BCUT2D eigenvalue weighted by molar-refractivity contribution is 6.31. The standard InChI is InChI=1S/C24H26ClN3O3/c1-15-13-24(20-12-17(25)3-6-21(20)26-23(24)30)7-8-28(15)9-10-31-18-4-5-19-16(11-18)14-27(2)22(19)29/h3-6,11-12,15H,7-10,13-14H2,1-2H3,(H,26,30)/i1D3. The number of likely N-dealkylation sites (tertiary alicyclic amines) is 1. The van der Waals surface area contributed by atoms with Crippen LogP contribution in [0.25, 0.3) is 0 Å². The minimum absolute atomic E-state index is 0.00289. The highest BCUT2D eigenvalue weighted by Crippen LogP contribution is 2.47. The second-order valence-electron chi connectivity index (χ2n) is 8.56. The second kappa shape index (κ2) is 7.53. The third-order valence-corrected chi connectivity index (χ3v) is 6.93. The van der Waals surface area contributed by atoms with Crippen LogP contribution in [0.2, 0.25) is 5.02 Å². The van der Waals surface area contributed by atoms with E-state index >= 15 is 0 Å². The third kappa shape index (κ3) is 3.38. The summed E-state index contributed by atoms with van der Waals surface area (Å²) in [5.74, 6) is 0.496. The van der Waals surface area contributed by atoms with Gasteiger partial charge in [0.1, 0.15) is 12.4 Å². The quantitative estimate of drug-likeness (QED) is 0.784. The van der Waals surface area contributed by atoms with Crippen molar-refractivity contribution in [3.8, 4) is 5.75 Å². The van der Waals surface area contributed by atoms with Crippen LogP contribution in [-0.2, 0) is 16.8 Å². The predicted molar refractivity (Wildman–Crippen MR) is 120 cm³/mol. The summed E-state index contributed by atoms with van der Waals surface area (Å²) < 4.78 is 30.4. The first kappa shape index (κ1) is 17.0. The molecule has 2 unspecified atom stereocenters. The molecule has 1 fully saturated rings. The maximum absolute atomic E-state index is 13.0. The van der Waals surface area contributed by atoms with Crippen molar-refractivity contribution in [1.82, 2.24) is 9.80 Å². The Morgan fingerprint density at radius 3 is 3.00 bits per heavy atom. The minimum Gasteiger partial charge on any atom is -0.492 e. The fourth-order valence-electron chi connectivity index (χ4n) is 4.97. The first-order chi connectivity index (χ1) is 16.1. The van der Waals surface area contributed by atoms with Gasteiger partial charge in [0.2, 0.25) is 5.91 Å². The SMILES string of the molecule is [2H]C([2H])([2H])C1CC2(CCN1CCOc1ccc3c(c1)CN(C)C3=O)C(=O)Nc1ccc(Cl)cc12. The number of ether oxygens (including phenoxy) is 1. The van der Waals surface area contributed by atoms with E-state index in [1.165, 1.54) is 0 Å². The third-order valence-electron chi connectivity index (χ3n) is 6.70. The molecule has 3 aliphatic heterocycles. The van der Waals surface area contributed by atoms with Gasteiger partial charge in [-0.2, -0.15) is 0 Å². The Labute approximate surface area is 191 Å². The van der Waals surface area contributed by atoms with Gasteiger partial charge >= 0.3 is 0 Å². The van der Waals surface area contributed by atoms with Gasteiger partial charge in [0.05, 0.1) is 5.41 Å². The summed E-state index contributed by atoms with van der Waals surface area (Å²) in [7, 11) is 1.76. The molecule has 2 atom stereocenters. The molecule has 5 rings (SSSR count). The molecule has 2 aromatic rings. The van der Waals surface area contributed by atoms with Crippen LogP contribution in [0.1, 0.15) is 45.3 Å². The average Bonchev–Trinajstić information content (AvgIpc) is 3.21. The summed E-state index contributed by atoms with van der Waals surface area (Å²) in [6.45, 7) is -0.535. The Morgan fingerprint density at radius 1 is 1.29 bits per heavy atom. The summed E-state index contributed by atoms with van der Waals surface area (Å²) in [5, 5.41) is 3.44. The van der Waals surface area contributed by atoms with Crippen molar-refractivity contribution in [3.63, 3.8) is 0 Å². The van der Waals surface area contributed by atoms with Crippen molar-refractivity contribution < 1.29 is 18.4 Å². The predicted octanol–water partition coefficient (Wildman–Crippen LogP) is 3.68. The van der Waals surface area contributed by atoms with Gasteiger partial charge in [-0.15, -0.1) is 0 Å². The number of piperidine rings is 1. The topological polar surface area (TPSA) is 61.9 Å². The van der Waals surface area contributed by atoms with Crippen LogP contribution in [0.3, 0.4) is 0 Å². The van der Waals surface area contributed by atoms with Crippen molar-refractivity contribution in [1.29, 1.82) is 0 Å². The first-order valence-electron chi connectivity index (χ1n) is 12.0. The van der Waals surface area contributed by atoms with Gasteiger partial charge < -0.3 is 15.0 Å². The van der Waals surface area contributed by atoms with E-state index in [0.29, 0.717) is 54.7 Å². The molecule has 1 saturated heterocycles. The number of hydrogen-bond acceptors (Lipinski definition) is 4. The smallest absolute Gasteiger partial charge is 0.254 e. The van der Waals surface area contributed by atoms with Crippen molar-refractivity contribution in [3.05, 3.63) is 58.1 Å². The number of rotatable bonds is 4. The van der Waals surface area contributed by atoms with Crippen LogP contribution in [-0.4, -0.2) is 54.4 Å². The van der Waals surface area contributed by atoms with E-state index < -0.39 is 18.3 Å². The normalized spacial score (nSPS) is 26.8. The fraction of sp³-hybridized carbons (Fsp3) is 0.417. The molecule has 1 spiro atoms. The number of amides is 2. The Balaban J connectivity index is 1.30. The molecule has 6 nitrogen and oxygen atoms in total. The summed E-state index contributed by atoms with van der Waals surface area (Å²) in [6.07, 6.45) is 0.696. The summed E-state index contributed by atoms with van der Waals surface area (Å²) >= 11 is 6.21. The van der Waals surface area contributed by atoms with E-state index in [-0.39, 0.29) is 18.2 Å². The van der Waals surface area contributed by atoms with Crippen molar-refractivity contribution >= 4 is 29.1 Å². The molecule has 2 aromatic carbocycles. The first-order valence-corrected chi connectivity index (χ1v) is 10.8. The highest BCUT2D eigenvalue weighted by atomic mass is 35.5. The van der Waals surface area contributed by atoms with E-state index in [0.717, 1.165) is 11.1 Å². The monoisotopic (exact) mass is 442 g/mol. The van der Waals surface area contributed by atoms with Crippen LogP contribution >= 0.6 is 11.6 Å². The number of fused-ring (bicyclic) bond motifs is 3. The Hall–Kier alpha value is -2.57. The van der Waals surface area contributed by atoms with E-state index in [2.05, 4.69) is 5.32 Å². The van der Waals surface area contributed by atoms with Crippen molar-refractivity contribution in [2.24, 2.45) is 0 Å². The van der Waals surface area contributed by atoms with Crippen LogP contribution in [0.4, 0.5) is 5.69 Å². The number of anilines is 1. The van der Waals surface area contributed by atoms with Crippen LogP contribution in [0.5, 0.6) is 5.75 Å². The number of hydrogen-bond donors (Lipinski definition) is 1. The Bertz CT molecular complexity index is 1170. The summed E-state index contributed by atoms with van der Waals surface area (Å²) in [4.78, 5) is 28.7. The van der Waals surface area contributed by atoms with Gasteiger partial charge in [-0.25, -0.2) is 0 Å². The van der Waals surface area contributed by atoms with Gasteiger partial charge in [0.15, 0.2) is 0 Å². The van der Waals surface area contributed by atoms with Crippen molar-refractivity contribution in [2.75, 3.05) is 32.1 Å². The number of benzene rings is 2. The second-order valence-corrected chi connectivity index (χ2v) is 9.00. The lowest BCUT2D eigenvalue weighted by atomic mass is 9.71. The zero-order chi connectivity index (χ0) is 24.3. The maximum atomic E-state index is 13.0. The zero-order valence-corrected chi connectivity index (χ0v) is 18.0. The Morgan fingerprint density at radius 2 is 2.16 bits per heavy atom. The van der Waals surface area contributed by atoms with Crippen molar-refractivity contribution in [2.45, 2.75) is 37.7 Å². The molecule has 0 radical (unpaired) electrons. The highest BCUT2D eigenvalue weighted by Gasteiger charge is 2.50. The van der Waals surface area contributed by atoms with E-state index in [4.69, 9.17) is 20.5 Å². The fourth-order valence-corrected chi connectivity index (χ4v) is 5.14. The number of halogens is 1. The van der Waals surface area contributed by atoms with Gasteiger partial charge in [0, 0.05) is 46.6 Å². The number of nitrogens with one attached hydrogen (secondary N) is 1. The zero-order valence-electron chi connectivity index (χ0n) is 20.3. The van der Waals surface area contributed by atoms with E-state index in [1.54, 1.807) is 42.3 Å². The number of nitrogens with zero attached hydrogens (tertiary/aromatic N) is 2. The van der Waals surface area contributed by atoms with E-state index in [1.807, 2.05) is 11.0 Å². The van der Waals surface area contributed by atoms with Gasteiger partial charge in [-0.3, -0.25) is 14.5 Å².